The van der Waals surface area contributed by atoms with Gasteiger partial charge in [-0.15, -0.1) is 0 Å². The summed E-state index contributed by atoms with van der Waals surface area (Å²) in [6, 6.07) is 17.3. The molecule has 3 aromatic carbocycles. The number of nitrogens with one attached hydrogen (secondary N) is 1. The summed E-state index contributed by atoms with van der Waals surface area (Å²) >= 11 is 0. The number of sulfonamides is 1. The number of furan rings is 1. The molecule has 242 valence electrons. The summed E-state index contributed by atoms with van der Waals surface area (Å²) in [7, 11) is -2.28. The van der Waals surface area contributed by atoms with E-state index in [1.807, 2.05) is 0 Å². The van der Waals surface area contributed by atoms with Gasteiger partial charge in [0.05, 0.1) is 23.6 Å². The molecule has 6 rings (SSSR count). The second kappa shape index (κ2) is 12.3. The fourth-order valence-electron chi connectivity index (χ4n) is 6.40. The molecule has 1 amide bonds. The topological polar surface area (TPSA) is 143 Å². The lowest BCUT2D eigenvalue weighted by Crippen LogP contribution is -2.47. The molecule has 0 atom stereocenters. The highest BCUT2D eigenvalue weighted by Gasteiger charge is 2.48. The number of ketones is 1. The van der Waals surface area contributed by atoms with Gasteiger partial charge in [-0.3, -0.25) is 13.9 Å². The molecular formula is C35H33FN4O6S. The van der Waals surface area contributed by atoms with Crippen molar-refractivity contribution < 1.29 is 31.9 Å². The first-order valence-electron chi connectivity index (χ1n) is 15.1. The minimum absolute atomic E-state index is 0.0808. The third kappa shape index (κ3) is 6.01. The van der Waals surface area contributed by atoms with E-state index >= 15 is 0 Å². The van der Waals surface area contributed by atoms with Gasteiger partial charge < -0.3 is 14.8 Å². The predicted octanol–water partition coefficient (Wildman–Crippen LogP) is 5.51. The van der Waals surface area contributed by atoms with Crippen molar-refractivity contribution in [3.63, 3.8) is 0 Å². The SMILES string of the molecule is CCN(c1cc2oc(-c3ccc(F)cc3)c(C(=O)NC)c2cc1-c1cccc(C(=O)CC2(c3ncccn3)CC(O)C2)c1)S(C)(=O)=O. The maximum absolute atomic E-state index is 13.8. The van der Waals surface area contributed by atoms with E-state index in [9.17, 15) is 27.5 Å². The lowest BCUT2D eigenvalue weighted by atomic mass is 9.63. The Hall–Kier alpha value is -4.94. The maximum Gasteiger partial charge on any atom is 0.255 e. The molecule has 5 aromatic rings. The molecule has 2 heterocycles. The standard InChI is InChI=1S/C35H33FN4O6S/c1-4-40(47(3,44)45)28-17-30-27(31(33(43)37-2)32(46-30)21-9-11-24(36)12-10-21)16-26(28)22-7-5-8-23(15-22)29(42)20-35(18-25(41)19-35)34-38-13-6-14-39-34/h5-17,25,41H,4,18-20H2,1-3H3,(H,37,43). The van der Waals surface area contributed by atoms with Crippen LogP contribution in [0.15, 0.2) is 83.5 Å². The number of carbonyl (C=O) groups is 2. The number of carbonyl (C=O) groups excluding carboxylic acids is 2. The minimum Gasteiger partial charge on any atom is -0.455 e. The van der Waals surface area contributed by atoms with E-state index in [2.05, 4.69) is 15.3 Å². The summed E-state index contributed by atoms with van der Waals surface area (Å²) in [4.78, 5) is 35.8. The zero-order valence-electron chi connectivity index (χ0n) is 26.0. The highest BCUT2D eigenvalue weighted by atomic mass is 32.2. The van der Waals surface area contributed by atoms with Crippen LogP contribution in [0.5, 0.6) is 0 Å². The first kappa shape index (κ1) is 32.0. The van der Waals surface area contributed by atoms with E-state index in [4.69, 9.17) is 4.42 Å². The number of aromatic nitrogens is 2. The van der Waals surface area contributed by atoms with Crippen molar-refractivity contribution in [2.45, 2.75) is 37.7 Å². The number of aliphatic hydroxyl groups excluding tert-OH is 1. The van der Waals surface area contributed by atoms with Crippen LogP contribution in [0.25, 0.3) is 33.4 Å². The van der Waals surface area contributed by atoms with Gasteiger partial charge >= 0.3 is 0 Å². The smallest absolute Gasteiger partial charge is 0.255 e. The highest BCUT2D eigenvalue weighted by Crippen LogP contribution is 2.46. The van der Waals surface area contributed by atoms with Gasteiger partial charge in [-0.2, -0.15) is 0 Å². The average molecular weight is 657 g/mol. The van der Waals surface area contributed by atoms with Crippen LogP contribution in [0, 0.1) is 5.82 Å². The molecule has 1 aliphatic carbocycles. The van der Waals surface area contributed by atoms with Gasteiger partial charge in [0.25, 0.3) is 5.91 Å². The highest BCUT2D eigenvalue weighted by molar-refractivity contribution is 7.92. The normalized spacial score (nSPS) is 17.7. The Labute approximate surface area is 271 Å². The number of anilines is 1. The third-order valence-electron chi connectivity index (χ3n) is 8.61. The number of benzene rings is 3. The summed E-state index contributed by atoms with van der Waals surface area (Å²) in [5.74, 6) is -0.375. The number of amides is 1. The van der Waals surface area contributed by atoms with E-state index in [0.717, 1.165) is 6.26 Å². The fourth-order valence-corrected chi connectivity index (χ4v) is 7.38. The number of fused-ring (bicyclic) bond motifs is 1. The molecule has 12 heteroatoms. The van der Waals surface area contributed by atoms with Gasteiger partial charge in [0.15, 0.2) is 5.78 Å². The first-order valence-corrected chi connectivity index (χ1v) is 16.9. The Kier molecular flexibility index (Phi) is 8.41. The monoisotopic (exact) mass is 656 g/mol. The number of rotatable bonds is 10. The number of Topliss-reactive ketones (excluding diaryl/α,β-unsaturated/α-hetero) is 1. The number of hydrogen-bond acceptors (Lipinski definition) is 8. The molecule has 1 aliphatic rings. The second-order valence-corrected chi connectivity index (χ2v) is 13.7. The van der Waals surface area contributed by atoms with Crippen molar-refractivity contribution in [1.82, 2.24) is 15.3 Å². The molecule has 2 N–H and O–H groups in total. The molecule has 47 heavy (non-hydrogen) atoms. The lowest BCUT2D eigenvalue weighted by molar-refractivity contribution is 0.0103. The minimum atomic E-state index is -3.76. The first-order chi connectivity index (χ1) is 22.4. The molecule has 0 spiro atoms. The Bertz CT molecular complexity index is 2090. The van der Waals surface area contributed by atoms with Crippen LogP contribution in [0.3, 0.4) is 0 Å². The number of aliphatic hydroxyl groups is 1. The van der Waals surface area contributed by atoms with Gasteiger partial charge in [-0.05, 0) is 67.8 Å². The van der Waals surface area contributed by atoms with Crippen molar-refractivity contribution >= 4 is 38.4 Å². The molecule has 0 bridgehead atoms. The molecular weight excluding hydrogens is 623 g/mol. The van der Waals surface area contributed by atoms with E-state index in [-0.39, 0.29) is 35.7 Å². The zero-order valence-corrected chi connectivity index (χ0v) is 26.8. The zero-order chi connectivity index (χ0) is 33.5. The van der Waals surface area contributed by atoms with E-state index in [0.29, 0.717) is 52.0 Å². The summed E-state index contributed by atoms with van der Waals surface area (Å²) < 4.78 is 47.2. The Morgan fingerprint density at radius 1 is 1.04 bits per heavy atom. The second-order valence-electron chi connectivity index (χ2n) is 11.8. The van der Waals surface area contributed by atoms with Crippen LogP contribution in [-0.2, 0) is 15.4 Å². The van der Waals surface area contributed by atoms with E-state index in [1.165, 1.54) is 35.6 Å². The van der Waals surface area contributed by atoms with Crippen LogP contribution in [0.4, 0.5) is 10.1 Å². The molecule has 1 fully saturated rings. The molecule has 0 aliphatic heterocycles. The van der Waals surface area contributed by atoms with Gasteiger partial charge in [0, 0.05) is 66.0 Å². The van der Waals surface area contributed by atoms with Crippen molar-refractivity contribution in [2.75, 3.05) is 24.2 Å². The molecule has 10 nitrogen and oxygen atoms in total. The van der Waals surface area contributed by atoms with E-state index < -0.39 is 33.3 Å². The molecule has 0 saturated heterocycles. The Balaban J connectivity index is 1.50. The summed E-state index contributed by atoms with van der Waals surface area (Å²) in [5, 5.41) is 13.2. The summed E-state index contributed by atoms with van der Waals surface area (Å²) in [6.45, 7) is 1.81. The van der Waals surface area contributed by atoms with Crippen molar-refractivity contribution in [2.24, 2.45) is 0 Å². The maximum atomic E-state index is 13.8. The van der Waals surface area contributed by atoms with Gasteiger partial charge in [0.1, 0.15) is 23.0 Å². The van der Waals surface area contributed by atoms with Crippen LogP contribution < -0.4 is 9.62 Å². The predicted molar refractivity (Wildman–Crippen MR) is 176 cm³/mol. The number of hydrogen-bond donors (Lipinski definition) is 2. The Morgan fingerprint density at radius 2 is 1.74 bits per heavy atom. The van der Waals surface area contributed by atoms with Gasteiger partial charge in [-0.1, -0.05) is 18.2 Å². The largest absolute Gasteiger partial charge is 0.455 e. The molecule has 0 unspecified atom stereocenters. The van der Waals surface area contributed by atoms with Crippen molar-refractivity contribution in [3.05, 3.63) is 102 Å². The molecule has 2 aromatic heterocycles. The van der Waals surface area contributed by atoms with Crippen LogP contribution in [0.2, 0.25) is 0 Å². The van der Waals surface area contributed by atoms with Crippen molar-refractivity contribution in [3.8, 4) is 22.5 Å². The summed E-state index contributed by atoms with van der Waals surface area (Å²) in [6.07, 6.45) is 4.59. The Morgan fingerprint density at radius 3 is 2.36 bits per heavy atom. The quantitative estimate of drug-likeness (QED) is 0.188. The number of halogens is 1. The van der Waals surface area contributed by atoms with Crippen LogP contribution >= 0.6 is 0 Å². The fraction of sp³-hybridized carbons (Fsp3) is 0.257. The molecule has 1 saturated carbocycles. The summed E-state index contributed by atoms with van der Waals surface area (Å²) in [5.41, 5.74) is 1.91. The van der Waals surface area contributed by atoms with Gasteiger partial charge in [-0.25, -0.2) is 22.8 Å². The third-order valence-corrected chi connectivity index (χ3v) is 9.87. The van der Waals surface area contributed by atoms with Crippen molar-refractivity contribution in [1.29, 1.82) is 0 Å². The lowest BCUT2D eigenvalue weighted by Gasteiger charge is -2.43. The van der Waals surface area contributed by atoms with Gasteiger partial charge in [0.2, 0.25) is 10.0 Å². The average Bonchev–Trinajstić information content (AvgIpc) is 3.42. The van der Waals surface area contributed by atoms with Crippen LogP contribution in [0.1, 0.15) is 52.7 Å². The van der Waals surface area contributed by atoms with Crippen LogP contribution in [-0.4, -0.2) is 61.1 Å². The van der Waals surface area contributed by atoms with E-state index in [1.54, 1.807) is 61.8 Å². The number of nitrogens with zero attached hydrogens (tertiary/aromatic N) is 3. The molecule has 0 radical (unpaired) electrons.